The Labute approximate surface area is 273 Å². The number of thioether (sulfide) groups is 1. The van der Waals surface area contributed by atoms with E-state index in [-0.39, 0.29) is 12.2 Å². The third kappa shape index (κ3) is 5.38. The number of nitrogens with zero attached hydrogens (tertiary/aromatic N) is 2. The number of hydrogen-bond donors (Lipinski definition) is 1. The number of imide groups is 1. The van der Waals surface area contributed by atoms with Gasteiger partial charge in [0.05, 0.1) is 29.3 Å². The van der Waals surface area contributed by atoms with E-state index in [2.05, 4.69) is 5.32 Å². The van der Waals surface area contributed by atoms with Crippen LogP contribution >= 0.6 is 23.1 Å². The molecule has 0 saturated carbocycles. The van der Waals surface area contributed by atoms with Gasteiger partial charge in [0.2, 0.25) is 17.7 Å². The van der Waals surface area contributed by atoms with Gasteiger partial charge in [-0.15, -0.1) is 0 Å². The summed E-state index contributed by atoms with van der Waals surface area (Å²) in [6.45, 7) is -0.354. The van der Waals surface area contributed by atoms with Crippen LogP contribution in [0.3, 0.4) is 0 Å². The molecule has 0 bridgehead atoms. The van der Waals surface area contributed by atoms with Crippen LogP contribution in [0.15, 0.2) is 101 Å². The fourth-order valence-corrected chi connectivity index (χ4v) is 8.94. The predicted octanol–water partition coefficient (Wildman–Crippen LogP) is 6.52. The lowest BCUT2D eigenvalue weighted by Gasteiger charge is -2.30. The monoisotopic (exact) mass is 675 g/mol. The number of thiazole rings is 1. The zero-order chi connectivity index (χ0) is 33.0. The number of carbonyl (C=O) groups is 3. The first-order valence-electron chi connectivity index (χ1n) is 14.4. The second-order valence-electron chi connectivity index (χ2n) is 11.1. The lowest BCUT2D eigenvalue weighted by molar-refractivity contribution is -0.137. The van der Waals surface area contributed by atoms with Crippen molar-refractivity contribution in [1.82, 2.24) is 4.57 Å². The molecule has 1 fully saturated rings. The minimum atomic E-state index is -4.68. The fourth-order valence-electron chi connectivity index (χ4n) is 6.17. The summed E-state index contributed by atoms with van der Waals surface area (Å²) in [6.07, 6.45) is -4.68. The number of anilines is 2. The Morgan fingerprint density at radius 1 is 0.915 bits per heavy atom. The van der Waals surface area contributed by atoms with Gasteiger partial charge >= 0.3 is 11.0 Å². The van der Waals surface area contributed by atoms with E-state index in [1.54, 1.807) is 30.3 Å². The van der Waals surface area contributed by atoms with Crippen LogP contribution in [0.5, 0.6) is 5.75 Å². The van der Waals surface area contributed by atoms with Crippen molar-refractivity contribution in [2.75, 3.05) is 17.3 Å². The largest absolute Gasteiger partial charge is 0.497 e. The van der Waals surface area contributed by atoms with Gasteiger partial charge in [-0.2, -0.15) is 13.2 Å². The lowest BCUT2D eigenvalue weighted by Crippen LogP contribution is -2.33. The van der Waals surface area contributed by atoms with Crippen LogP contribution in [0.2, 0.25) is 0 Å². The van der Waals surface area contributed by atoms with E-state index in [1.165, 1.54) is 17.7 Å². The van der Waals surface area contributed by atoms with E-state index < -0.39 is 51.4 Å². The molecule has 0 radical (unpaired) electrons. The summed E-state index contributed by atoms with van der Waals surface area (Å²) in [4.78, 5) is 55.7. The quantitative estimate of drug-likeness (QED) is 0.206. The topological polar surface area (TPSA) is 97.7 Å². The molecule has 1 saturated heterocycles. The maximum Gasteiger partial charge on any atom is 0.416 e. The summed E-state index contributed by atoms with van der Waals surface area (Å²) in [6, 6.07) is 23.9. The van der Waals surface area contributed by atoms with Gasteiger partial charge in [0.25, 0.3) is 0 Å². The van der Waals surface area contributed by atoms with Gasteiger partial charge in [0, 0.05) is 21.9 Å². The van der Waals surface area contributed by atoms with E-state index in [1.807, 2.05) is 36.4 Å². The molecule has 4 aromatic carbocycles. The maximum absolute atomic E-state index is 14.0. The standard InChI is InChI=1S/C34H24F3N3O5S2/c1-45-22-14-12-19(13-15-22)26-27-28(31(43)40(30(27)42)21-9-5-8-20(16-21)34(35,36)37)46-32-29(26)47-33(44)39(32)17-25(41)38-24-11-4-7-18-6-2-3-10-23(18)24/h2-16,26-28H,17H2,1H3,(H,38,41)/t26-,27-,28+/m0/s1. The smallest absolute Gasteiger partial charge is 0.416 e. The molecule has 7 rings (SSSR count). The van der Waals surface area contributed by atoms with Gasteiger partial charge < -0.3 is 10.1 Å². The van der Waals surface area contributed by atoms with Crippen molar-refractivity contribution in [2.24, 2.45) is 5.92 Å². The first-order chi connectivity index (χ1) is 22.5. The second-order valence-corrected chi connectivity index (χ2v) is 13.2. The highest BCUT2D eigenvalue weighted by Crippen LogP contribution is 2.54. The molecule has 2 aliphatic rings. The van der Waals surface area contributed by atoms with Crippen molar-refractivity contribution in [3.05, 3.63) is 117 Å². The Bertz CT molecular complexity index is 2120. The van der Waals surface area contributed by atoms with Gasteiger partial charge in [-0.1, -0.05) is 77.7 Å². The molecule has 8 nitrogen and oxygen atoms in total. The average Bonchev–Trinajstić information content (AvgIpc) is 3.50. The van der Waals surface area contributed by atoms with Gasteiger partial charge in [0.15, 0.2) is 0 Å². The van der Waals surface area contributed by atoms with E-state index in [4.69, 9.17) is 4.74 Å². The molecule has 0 spiro atoms. The first kappa shape index (κ1) is 30.8. The van der Waals surface area contributed by atoms with E-state index >= 15 is 0 Å². The molecule has 238 valence electrons. The summed E-state index contributed by atoms with van der Waals surface area (Å²) in [5.41, 5.74) is 0.00821. The van der Waals surface area contributed by atoms with Crippen LogP contribution in [-0.4, -0.2) is 34.6 Å². The molecular formula is C34H24F3N3O5S2. The molecular weight excluding hydrogens is 652 g/mol. The van der Waals surface area contributed by atoms with Crippen LogP contribution in [-0.2, 0) is 27.1 Å². The maximum atomic E-state index is 14.0. The van der Waals surface area contributed by atoms with Gasteiger partial charge in [-0.25, -0.2) is 4.90 Å². The number of halogens is 3. The number of rotatable bonds is 6. The predicted molar refractivity (Wildman–Crippen MR) is 173 cm³/mol. The molecule has 3 atom stereocenters. The normalized spacial score (nSPS) is 19.1. The number of methoxy groups -OCH3 is 1. The van der Waals surface area contributed by atoms with Gasteiger partial charge in [-0.3, -0.25) is 23.7 Å². The molecule has 47 heavy (non-hydrogen) atoms. The number of ether oxygens (including phenoxy) is 1. The number of aromatic nitrogens is 1. The van der Waals surface area contributed by atoms with Crippen LogP contribution in [0.25, 0.3) is 10.8 Å². The van der Waals surface area contributed by atoms with Crippen molar-refractivity contribution in [2.45, 2.75) is 28.9 Å². The van der Waals surface area contributed by atoms with Crippen molar-refractivity contribution < 1.29 is 32.3 Å². The minimum Gasteiger partial charge on any atom is -0.497 e. The Balaban J connectivity index is 1.28. The molecule has 0 unspecified atom stereocenters. The lowest BCUT2D eigenvalue weighted by atomic mass is 9.83. The number of nitrogens with one attached hydrogen (secondary N) is 1. The van der Waals surface area contributed by atoms with Crippen molar-refractivity contribution in [3.63, 3.8) is 0 Å². The van der Waals surface area contributed by atoms with Crippen molar-refractivity contribution in [1.29, 1.82) is 0 Å². The average molecular weight is 676 g/mol. The number of hydrogen-bond acceptors (Lipinski definition) is 7. The highest BCUT2D eigenvalue weighted by Gasteiger charge is 2.57. The molecule has 3 heterocycles. The van der Waals surface area contributed by atoms with Crippen LogP contribution < -0.4 is 19.8 Å². The number of carbonyl (C=O) groups excluding carboxylic acids is 3. The molecule has 5 aromatic rings. The van der Waals surface area contributed by atoms with Gasteiger partial charge in [0.1, 0.15) is 17.5 Å². The van der Waals surface area contributed by atoms with Crippen molar-refractivity contribution in [3.8, 4) is 5.75 Å². The Morgan fingerprint density at radius 2 is 1.64 bits per heavy atom. The summed E-state index contributed by atoms with van der Waals surface area (Å²) in [5.74, 6) is -3.08. The van der Waals surface area contributed by atoms with Gasteiger partial charge in [-0.05, 0) is 47.3 Å². The van der Waals surface area contributed by atoms with Crippen LogP contribution in [0.1, 0.15) is 21.9 Å². The SMILES string of the molecule is COc1ccc([C@@H]2c3sc(=O)n(CC(=O)Nc4cccc5ccccc45)c3S[C@H]3C(=O)N(c4cccc(C(F)(F)F)c4)C(=O)[C@@H]23)cc1. The highest BCUT2D eigenvalue weighted by molar-refractivity contribution is 8.00. The van der Waals surface area contributed by atoms with E-state index in [0.717, 1.165) is 57.0 Å². The van der Waals surface area contributed by atoms with E-state index in [9.17, 15) is 32.3 Å². The number of fused-ring (bicyclic) bond motifs is 3. The molecule has 0 aliphatic carbocycles. The third-order valence-electron chi connectivity index (χ3n) is 8.32. The minimum absolute atomic E-state index is 0.187. The van der Waals surface area contributed by atoms with E-state index in [0.29, 0.717) is 26.9 Å². The molecule has 2 aliphatic heterocycles. The number of benzene rings is 4. The van der Waals surface area contributed by atoms with Crippen LogP contribution in [0, 0.1) is 5.92 Å². The zero-order valence-corrected chi connectivity index (χ0v) is 26.1. The fraction of sp³-hybridized carbons (Fsp3) is 0.176. The summed E-state index contributed by atoms with van der Waals surface area (Å²) >= 11 is 1.87. The molecule has 3 amide bonds. The molecule has 13 heteroatoms. The zero-order valence-electron chi connectivity index (χ0n) is 24.5. The Morgan fingerprint density at radius 3 is 2.38 bits per heavy atom. The third-order valence-corrected chi connectivity index (χ3v) is 10.9. The summed E-state index contributed by atoms with van der Waals surface area (Å²) < 4.78 is 47.3. The Hall–Kier alpha value is -4.88. The second kappa shape index (κ2) is 11.7. The number of alkyl halides is 3. The summed E-state index contributed by atoms with van der Waals surface area (Å²) in [5, 5.41) is 3.94. The molecule has 1 aromatic heterocycles. The Kier molecular flexibility index (Phi) is 7.68. The van der Waals surface area contributed by atoms with Crippen LogP contribution in [0.4, 0.5) is 24.5 Å². The van der Waals surface area contributed by atoms with Crippen molar-refractivity contribution >= 4 is 63.0 Å². The first-order valence-corrected chi connectivity index (χ1v) is 16.1. The summed E-state index contributed by atoms with van der Waals surface area (Å²) in [7, 11) is 1.50. The molecule has 1 N–H and O–H groups in total. The number of amides is 3. The highest BCUT2D eigenvalue weighted by atomic mass is 32.2.